The summed E-state index contributed by atoms with van der Waals surface area (Å²) < 4.78 is 5.80. The molecular weight excluding hydrogens is 258 g/mol. The first-order valence-corrected chi connectivity index (χ1v) is 6.68. The van der Waals surface area contributed by atoms with Crippen LogP contribution >= 0.6 is 11.6 Å². The molecule has 19 heavy (non-hydrogen) atoms. The molecule has 100 valence electrons. The summed E-state index contributed by atoms with van der Waals surface area (Å²) in [6.45, 7) is 6.44. The first-order valence-electron chi connectivity index (χ1n) is 6.31. The number of anilines is 1. The van der Waals surface area contributed by atoms with Crippen LogP contribution in [0, 0.1) is 6.92 Å². The van der Waals surface area contributed by atoms with Gasteiger partial charge in [0.25, 0.3) is 0 Å². The Morgan fingerprint density at radius 2 is 1.84 bits per heavy atom. The van der Waals surface area contributed by atoms with Crippen LogP contribution in [0.5, 0.6) is 11.5 Å². The number of nitrogens with two attached hydrogens (primary N) is 1. The summed E-state index contributed by atoms with van der Waals surface area (Å²) in [5.74, 6) is 1.87. The third-order valence-corrected chi connectivity index (χ3v) is 3.30. The molecule has 0 aliphatic heterocycles. The minimum Gasteiger partial charge on any atom is -0.455 e. The number of ether oxygens (including phenoxy) is 1. The Hall–Kier alpha value is -1.67. The van der Waals surface area contributed by atoms with E-state index in [1.54, 1.807) is 18.2 Å². The molecule has 2 rings (SSSR count). The van der Waals surface area contributed by atoms with Gasteiger partial charge < -0.3 is 10.5 Å². The van der Waals surface area contributed by atoms with Gasteiger partial charge in [0, 0.05) is 11.1 Å². The minimum atomic E-state index is 0.505. The van der Waals surface area contributed by atoms with E-state index in [1.807, 2.05) is 12.1 Å². The molecule has 0 saturated heterocycles. The number of hydrogen-bond donors (Lipinski definition) is 1. The molecule has 0 atom stereocenters. The van der Waals surface area contributed by atoms with E-state index in [0.717, 1.165) is 5.75 Å². The number of aryl methyl sites for hydroxylation is 1. The van der Waals surface area contributed by atoms with Crippen LogP contribution < -0.4 is 10.5 Å². The van der Waals surface area contributed by atoms with Crippen LogP contribution in [-0.4, -0.2) is 0 Å². The Balaban J connectivity index is 2.29. The predicted octanol–water partition coefficient (Wildman–Crippen LogP) is 5.15. The SMILES string of the molecule is Cc1cc(Oc2cc(Cl)ccc2N)ccc1C(C)C. The highest BCUT2D eigenvalue weighted by molar-refractivity contribution is 6.30. The van der Waals surface area contributed by atoms with Gasteiger partial charge in [0.2, 0.25) is 0 Å². The lowest BCUT2D eigenvalue weighted by molar-refractivity contribution is 0.484. The summed E-state index contributed by atoms with van der Waals surface area (Å²) in [6, 6.07) is 11.3. The van der Waals surface area contributed by atoms with E-state index in [4.69, 9.17) is 22.1 Å². The maximum atomic E-state index is 5.95. The van der Waals surface area contributed by atoms with Crippen LogP contribution in [-0.2, 0) is 0 Å². The monoisotopic (exact) mass is 275 g/mol. The van der Waals surface area contributed by atoms with Crippen molar-refractivity contribution in [1.82, 2.24) is 0 Å². The van der Waals surface area contributed by atoms with Crippen LogP contribution in [0.1, 0.15) is 30.9 Å². The molecule has 0 radical (unpaired) electrons. The second kappa shape index (κ2) is 5.54. The Labute approximate surface area is 119 Å². The lowest BCUT2D eigenvalue weighted by atomic mass is 9.98. The molecule has 0 unspecified atom stereocenters. The molecule has 0 bridgehead atoms. The molecule has 2 nitrogen and oxygen atoms in total. The standard InChI is InChI=1S/C16H18ClNO/c1-10(2)14-6-5-13(8-11(14)3)19-16-9-12(17)4-7-15(16)18/h4-10H,18H2,1-3H3. The van der Waals surface area contributed by atoms with Crippen molar-refractivity contribution in [3.05, 3.63) is 52.5 Å². The zero-order valence-electron chi connectivity index (χ0n) is 11.4. The highest BCUT2D eigenvalue weighted by Crippen LogP contribution is 2.32. The summed E-state index contributed by atoms with van der Waals surface area (Å²) in [7, 11) is 0. The van der Waals surface area contributed by atoms with Gasteiger partial charge in [-0.15, -0.1) is 0 Å². The molecule has 0 aliphatic carbocycles. The lowest BCUT2D eigenvalue weighted by Crippen LogP contribution is -1.95. The largest absolute Gasteiger partial charge is 0.455 e. The Kier molecular flexibility index (Phi) is 4.01. The molecule has 0 fully saturated rings. The van der Waals surface area contributed by atoms with Crippen molar-refractivity contribution in [2.75, 3.05) is 5.73 Å². The normalized spacial score (nSPS) is 10.8. The molecule has 0 aromatic heterocycles. The Morgan fingerprint density at radius 1 is 1.11 bits per heavy atom. The van der Waals surface area contributed by atoms with E-state index in [-0.39, 0.29) is 0 Å². The lowest BCUT2D eigenvalue weighted by Gasteiger charge is -2.13. The van der Waals surface area contributed by atoms with E-state index < -0.39 is 0 Å². The summed E-state index contributed by atoms with van der Waals surface area (Å²) in [6.07, 6.45) is 0. The highest BCUT2D eigenvalue weighted by Gasteiger charge is 2.07. The van der Waals surface area contributed by atoms with Gasteiger partial charge >= 0.3 is 0 Å². The van der Waals surface area contributed by atoms with E-state index >= 15 is 0 Å². The number of hydrogen-bond acceptors (Lipinski definition) is 2. The fourth-order valence-corrected chi connectivity index (χ4v) is 2.25. The second-order valence-electron chi connectivity index (χ2n) is 4.96. The first kappa shape index (κ1) is 13.8. The molecule has 0 heterocycles. The molecule has 0 saturated carbocycles. The molecule has 0 amide bonds. The molecular formula is C16H18ClNO. The van der Waals surface area contributed by atoms with Crippen LogP contribution in [0.2, 0.25) is 5.02 Å². The highest BCUT2D eigenvalue weighted by atomic mass is 35.5. The van der Waals surface area contributed by atoms with E-state index in [9.17, 15) is 0 Å². The molecule has 2 N–H and O–H groups in total. The zero-order valence-corrected chi connectivity index (χ0v) is 12.2. The van der Waals surface area contributed by atoms with E-state index in [2.05, 4.69) is 26.8 Å². The van der Waals surface area contributed by atoms with Crippen molar-refractivity contribution in [3.63, 3.8) is 0 Å². The van der Waals surface area contributed by atoms with Gasteiger partial charge in [-0.3, -0.25) is 0 Å². The number of nitrogen functional groups attached to an aromatic ring is 1. The van der Waals surface area contributed by atoms with Crippen molar-refractivity contribution >= 4 is 17.3 Å². The van der Waals surface area contributed by atoms with Gasteiger partial charge in [-0.2, -0.15) is 0 Å². The van der Waals surface area contributed by atoms with Gasteiger partial charge in [0.15, 0.2) is 5.75 Å². The zero-order chi connectivity index (χ0) is 14.0. The summed E-state index contributed by atoms with van der Waals surface area (Å²) in [5, 5.41) is 0.611. The fraction of sp³-hybridized carbons (Fsp3) is 0.250. The number of rotatable bonds is 3. The molecule has 0 aliphatic rings. The van der Waals surface area contributed by atoms with E-state index in [1.165, 1.54) is 11.1 Å². The van der Waals surface area contributed by atoms with Crippen molar-refractivity contribution < 1.29 is 4.74 Å². The van der Waals surface area contributed by atoms with Crippen molar-refractivity contribution in [2.24, 2.45) is 0 Å². The molecule has 2 aromatic rings. The van der Waals surface area contributed by atoms with Crippen molar-refractivity contribution in [1.29, 1.82) is 0 Å². The molecule has 0 spiro atoms. The maximum Gasteiger partial charge on any atom is 0.151 e. The number of halogens is 1. The predicted molar refractivity (Wildman–Crippen MR) is 81.2 cm³/mol. The van der Waals surface area contributed by atoms with Gasteiger partial charge in [-0.1, -0.05) is 31.5 Å². The van der Waals surface area contributed by atoms with Crippen LogP contribution in [0.25, 0.3) is 0 Å². The summed E-state index contributed by atoms with van der Waals surface area (Å²) in [4.78, 5) is 0. The van der Waals surface area contributed by atoms with Crippen molar-refractivity contribution in [3.8, 4) is 11.5 Å². The van der Waals surface area contributed by atoms with Crippen LogP contribution in [0.15, 0.2) is 36.4 Å². The van der Waals surface area contributed by atoms with Gasteiger partial charge in [-0.25, -0.2) is 0 Å². The third-order valence-electron chi connectivity index (χ3n) is 3.07. The van der Waals surface area contributed by atoms with Crippen LogP contribution in [0.3, 0.4) is 0 Å². The average molecular weight is 276 g/mol. The minimum absolute atomic E-state index is 0.505. The Morgan fingerprint density at radius 3 is 2.47 bits per heavy atom. The first-order chi connectivity index (χ1) is 8.97. The summed E-state index contributed by atoms with van der Waals surface area (Å²) >= 11 is 5.95. The topological polar surface area (TPSA) is 35.2 Å². The summed E-state index contributed by atoms with van der Waals surface area (Å²) in [5.41, 5.74) is 8.99. The quantitative estimate of drug-likeness (QED) is 0.787. The fourth-order valence-electron chi connectivity index (χ4n) is 2.08. The average Bonchev–Trinajstić information content (AvgIpc) is 2.33. The Bertz CT molecular complexity index is 593. The van der Waals surface area contributed by atoms with Gasteiger partial charge in [0.05, 0.1) is 5.69 Å². The van der Waals surface area contributed by atoms with Crippen molar-refractivity contribution in [2.45, 2.75) is 26.7 Å². The third kappa shape index (κ3) is 3.21. The molecule has 2 aromatic carbocycles. The van der Waals surface area contributed by atoms with E-state index in [0.29, 0.717) is 22.4 Å². The van der Waals surface area contributed by atoms with Gasteiger partial charge in [-0.05, 0) is 48.2 Å². The maximum absolute atomic E-state index is 5.95. The second-order valence-corrected chi connectivity index (χ2v) is 5.39. The number of benzene rings is 2. The smallest absolute Gasteiger partial charge is 0.151 e. The van der Waals surface area contributed by atoms with Crippen LogP contribution in [0.4, 0.5) is 5.69 Å². The van der Waals surface area contributed by atoms with Gasteiger partial charge in [0.1, 0.15) is 5.75 Å². The molecule has 3 heteroatoms.